The molecule has 0 radical (unpaired) electrons. The maximum atomic E-state index is 12.5. The van der Waals surface area contributed by atoms with Crippen LogP contribution in [0.2, 0.25) is 0 Å². The molecule has 0 aliphatic carbocycles. The lowest BCUT2D eigenvalue weighted by molar-refractivity contribution is -0.132. The second kappa shape index (κ2) is 8.00. The Morgan fingerprint density at radius 3 is 2.63 bits per heavy atom. The second-order valence-electron chi connectivity index (χ2n) is 5.45. The minimum absolute atomic E-state index is 0.0144. The third-order valence-electron chi connectivity index (χ3n) is 3.81. The number of hydrogen-bond donors (Lipinski definition) is 1. The van der Waals surface area contributed by atoms with E-state index in [4.69, 9.17) is 0 Å². The number of hydrogen-bond acceptors (Lipinski definition) is 3. The van der Waals surface area contributed by atoms with Gasteiger partial charge in [0.1, 0.15) is 0 Å². The minimum Gasteiger partial charge on any atom is -0.323 e. The number of rotatable bonds is 8. The molecule has 4 unspecified atom stereocenters. The summed E-state index contributed by atoms with van der Waals surface area (Å²) in [6.07, 6.45) is 6.73. The van der Waals surface area contributed by atoms with E-state index < -0.39 is 10.8 Å². The van der Waals surface area contributed by atoms with Crippen molar-refractivity contribution in [1.82, 2.24) is 10.2 Å². The first-order valence-electron chi connectivity index (χ1n) is 7.39. The van der Waals surface area contributed by atoms with Crippen LogP contribution in [0.1, 0.15) is 52.9 Å². The van der Waals surface area contributed by atoms with Crippen molar-refractivity contribution in [1.29, 1.82) is 0 Å². The molecule has 1 aliphatic rings. The van der Waals surface area contributed by atoms with Gasteiger partial charge in [-0.3, -0.25) is 14.3 Å². The molecule has 1 fully saturated rings. The summed E-state index contributed by atoms with van der Waals surface area (Å²) in [5.41, 5.74) is 0. The molecule has 1 aliphatic heterocycles. The Hall–Kier alpha value is -0.420. The quantitative estimate of drug-likeness (QED) is 0.742. The van der Waals surface area contributed by atoms with Gasteiger partial charge in [-0.15, -0.1) is 0 Å². The van der Waals surface area contributed by atoms with E-state index in [9.17, 15) is 9.00 Å². The smallest absolute Gasteiger partial charge is 0.241 e. The zero-order valence-electron chi connectivity index (χ0n) is 12.6. The van der Waals surface area contributed by atoms with Gasteiger partial charge in [0.15, 0.2) is 0 Å². The topological polar surface area (TPSA) is 49.4 Å². The first-order chi connectivity index (χ1) is 9.01. The monoisotopic (exact) mass is 288 g/mol. The molecule has 5 heteroatoms. The minimum atomic E-state index is -0.783. The molecule has 0 aromatic rings. The zero-order valence-corrected chi connectivity index (χ0v) is 13.5. The normalized spacial score (nSPS) is 26.7. The molecule has 0 bridgehead atoms. The molecule has 1 saturated heterocycles. The summed E-state index contributed by atoms with van der Waals surface area (Å²) >= 11 is 0. The van der Waals surface area contributed by atoms with Crippen LogP contribution >= 0.6 is 0 Å². The molecule has 4 nitrogen and oxygen atoms in total. The van der Waals surface area contributed by atoms with Crippen LogP contribution in [-0.2, 0) is 15.6 Å². The van der Waals surface area contributed by atoms with E-state index in [2.05, 4.69) is 26.1 Å². The van der Waals surface area contributed by atoms with Crippen LogP contribution in [0, 0.1) is 0 Å². The molecule has 0 aromatic carbocycles. The predicted molar refractivity (Wildman–Crippen MR) is 80.4 cm³/mol. The van der Waals surface area contributed by atoms with Crippen molar-refractivity contribution in [3.8, 4) is 0 Å². The highest BCUT2D eigenvalue weighted by atomic mass is 32.2. The molecule has 0 spiro atoms. The molecule has 1 N–H and O–H groups in total. The highest BCUT2D eigenvalue weighted by molar-refractivity contribution is 7.84. The van der Waals surface area contributed by atoms with Gasteiger partial charge in [0.05, 0.1) is 12.2 Å². The fourth-order valence-electron chi connectivity index (χ4n) is 2.65. The van der Waals surface area contributed by atoms with Gasteiger partial charge in [-0.05, 0) is 26.2 Å². The maximum absolute atomic E-state index is 12.5. The molecule has 1 heterocycles. The molecule has 0 saturated carbocycles. The lowest BCUT2D eigenvalue weighted by Crippen LogP contribution is -2.43. The molecule has 112 valence electrons. The van der Waals surface area contributed by atoms with Gasteiger partial charge in [-0.25, -0.2) is 0 Å². The van der Waals surface area contributed by atoms with Gasteiger partial charge in [-0.1, -0.05) is 26.7 Å². The van der Waals surface area contributed by atoms with Crippen LogP contribution in [0.3, 0.4) is 0 Å². The van der Waals surface area contributed by atoms with E-state index in [1.54, 1.807) is 6.26 Å². The van der Waals surface area contributed by atoms with Crippen LogP contribution in [0.15, 0.2) is 0 Å². The number of carbonyl (C=O) groups is 1. The fourth-order valence-corrected chi connectivity index (χ4v) is 3.32. The first kappa shape index (κ1) is 16.6. The average Bonchev–Trinajstić information content (AvgIpc) is 2.70. The average molecular weight is 288 g/mol. The Morgan fingerprint density at radius 2 is 2.11 bits per heavy atom. The van der Waals surface area contributed by atoms with Gasteiger partial charge in [0.25, 0.3) is 0 Å². The highest BCUT2D eigenvalue weighted by Gasteiger charge is 2.39. The lowest BCUT2D eigenvalue weighted by atomic mass is 10.1. The maximum Gasteiger partial charge on any atom is 0.241 e. The Kier molecular flexibility index (Phi) is 7.00. The fraction of sp³-hybridized carbons (Fsp3) is 0.929. The van der Waals surface area contributed by atoms with Gasteiger partial charge < -0.3 is 4.90 Å². The molecular weight excluding hydrogens is 260 g/mol. The van der Waals surface area contributed by atoms with Crippen LogP contribution in [0.5, 0.6) is 0 Å². The third kappa shape index (κ3) is 4.56. The van der Waals surface area contributed by atoms with E-state index in [1.165, 1.54) is 0 Å². The number of carbonyl (C=O) groups excluding carboxylic acids is 1. The van der Waals surface area contributed by atoms with Crippen LogP contribution in [0.4, 0.5) is 0 Å². The largest absolute Gasteiger partial charge is 0.323 e. The third-order valence-corrected chi connectivity index (χ3v) is 4.62. The number of nitrogens with one attached hydrogen (secondary N) is 1. The van der Waals surface area contributed by atoms with Crippen LogP contribution in [-0.4, -0.2) is 45.3 Å². The number of unbranched alkanes of at least 4 members (excludes halogenated alkanes) is 1. The molecule has 1 amide bonds. The number of nitrogens with zero attached hydrogens (tertiary/aromatic N) is 1. The molecule has 1 rings (SSSR count). The van der Waals surface area contributed by atoms with Crippen molar-refractivity contribution < 1.29 is 9.00 Å². The first-order valence-corrected chi connectivity index (χ1v) is 9.12. The van der Waals surface area contributed by atoms with Gasteiger partial charge in [-0.2, -0.15) is 0 Å². The van der Waals surface area contributed by atoms with E-state index >= 15 is 0 Å². The molecule has 19 heavy (non-hydrogen) atoms. The summed E-state index contributed by atoms with van der Waals surface area (Å²) in [6.45, 7) is 6.32. The van der Waals surface area contributed by atoms with E-state index in [-0.39, 0.29) is 24.2 Å². The van der Waals surface area contributed by atoms with E-state index in [1.807, 2.05) is 4.90 Å². The summed E-state index contributed by atoms with van der Waals surface area (Å²) < 4.78 is 11.2. The van der Waals surface area contributed by atoms with Crippen molar-refractivity contribution in [2.75, 3.05) is 12.0 Å². The van der Waals surface area contributed by atoms with Crippen molar-refractivity contribution in [3.63, 3.8) is 0 Å². The lowest BCUT2D eigenvalue weighted by Gasteiger charge is -2.29. The van der Waals surface area contributed by atoms with Crippen molar-refractivity contribution in [2.45, 2.75) is 71.1 Å². The van der Waals surface area contributed by atoms with E-state index in [0.717, 1.165) is 32.1 Å². The summed E-state index contributed by atoms with van der Waals surface area (Å²) in [5, 5.41) is 3.44. The summed E-state index contributed by atoms with van der Waals surface area (Å²) in [6, 6.07) is 0.153. The Labute approximate surface area is 119 Å². The van der Waals surface area contributed by atoms with Crippen molar-refractivity contribution in [3.05, 3.63) is 0 Å². The van der Waals surface area contributed by atoms with Gasteiger partial charge in [0, 0.05) is 28.9 Å². The summed E-state index contributed by atoms with van der Waals surface area (Å²) in [4.78, 5) is 14.4. The molecule has 4 atom stereocenters. The van der Waals surface area contributed by atoms with Gasteiger partial charge >= 0.3 is 0 Å². The van der Waals surface area contributed by atoms with Crippen molar-refractivity contribution in [2.24, 2.45) is 0 Å². The van der Waals surface area contributed by atoms with Crippen LogP contribution < -0.4 is 5.32 Å². The highest BCUT2D eigenvalue weighted by Crippen LogP contribution is 2.21. The molecular formula is C14H28N2O2S. The zero-order chi connectivity index (χ0) is 14.4. The Bertz CT molecular complexity index is 323. The standard InChI is InChI=1S/C14H28N2O2S/c1-5-7-8-12-14(17)16(13(6-2)15-12)11(3)9-10-19(4)18/h11-13,15H,5-10H2,1-4H3. The summed E-state index contributed by atoms with van der Waals surface area (Å²) in [7, 11) is -0.783. The van der Waals surface area contributed by atoms with E-state index in [0.29, 0.717) is 5.75 Å². The SMILES string of the molecule is CCCCC1NC(CC)N(C(C)CCS(C)=O)C1=O. The molecule has 0 aromatic heterocycles. The van der Waals surface area contributed by atoms with Crippen LogP contribution in [0.25, 0.3) is 0 Å². The summed E-state index contributed by atoms with van der Waals surface area (Å²) in [5.74, 6) is 0.899. The second-order valence-corrected chi connectivity index (χ2v) is 7.00. The van der Waals surface area contributed by atoms with Gasteiger partial charge in [0.2, 0.25) is 5.91 Å². The number of amides is 1. The predicted octanol–water partition coefficient (Wildman–Crippen LogP) is 1.87. The Balaban J connectivity index is 2.63. The van der Waals surface area contributed by atoms with Crippen molar-refractivity contribution >= 4 is 16.7 Å². The Morgan fingerprint density at radius 1 is 1.42 bits per heavy atom.